The van der Waals surface area contributed by atoms with E-state index in [4.69, 9.17) is 23.8 Å². The second-order valence-electron chi connectivity index (χ2n) is 16.8. The largest absolute Gasteiger partial charge is 0.507 e. The highest BCUT2D eigenvalue weighted by atomic mass is 16.7. The van der Waals surface area contributed by atoms with Crippen LogP contribution in [0.4, 0.5) is 5.69 Å². The van der Waals surface area contributed by atoms with Crippen molar-refractivity contribution in [3.63, 3.8) is 0 Å². The maximum absolute atomic E-state index is 14.4. The van der Waals surface area contributed by atoms with Crippen LogP contribution in [0.2, 0.25) is 0 Å². The van der Waals surface area contributed by atoms with Crippen molar-refractivity contribution in [2.24, 2.45) is 28.8 Å². The number of ketones is 1. The van der Waals surface area contributed by atoms with Gasteiger partial charge in [-0.3, -0.25) is 19.3 Å². The Morgan fingerprint density at radius 1 is 0.968 bits per heavy atom. The number of oxime groups is 1. The molecule has 4 aliphatic heterocycles. The number of esters is 1. The van der Waals surface area contributed by atoms with Crippen molar-refractivity contribution in [3.8, 4) is 23.0 Å². The second kappa shape index (κ2) is 19.9. The molecular formula is C45H62N4O13. The molecule has 9 unspecified atom stereocenters. The number of aromatic hydroxyl groups is 3. The summed E-state index contributed by atoms with van der Waals surface area (Å²) in [6.45, 7) is 16.8. The van der Waals surface area contributed by atoms with Crippen LogP contribution in [0.25, 0.3) is 10.8 Å². The molecule has 9 atom stereocenters. The minimum atomic E-state index is -2.06. The number of ether oxygens (including phenoxy) is 4. The number of amides is 1. The molecule has 5 bridgehead atoms. The van der Waals surface area contributed by atoms with Gasteiger partial charge in [-0.15, -0.1) is 0 Å². The van der Waals surface area contributed by atoms with Crippen molar-refractivity contribution in [3.05, 3.63) is 52.8 Å². The Hall–Kier alpha value is -5.20. The lowest BCUT2D eigenvalue weighted by atomic mass is 9.78. The summed E-state index contributed by atoms with van der Waals surface area (Å²) in [5, 5.41) is 64.5. The number of carbonyl (C=O) groups is 3. The number of nitrogens with zero attached hydrogens (tertiary/aromatic N) is 3. The number of aliphatic hydroxyl groups is 2. The van der Waals surface area contributed by atoms with Crippen LogP contribution in [-0.4, -0.2) is 143 Å². The van der Waals surface area contributed by atoms with Crippen molar-refractivity contribution in [2.45, 2.75) is 85.6 Å². The highest BCUT2D eigenvalue weighted by Gasteiger charge is 2.50. The molecule has 6 N–H and O–H groups in total. The summed E-state index contributed by atoms with van der Waals surface area (Å²) in [5.41, 5.74) is -0.582. The number of Topliss-reactive ketones (excluding diaryl/α,β-unsaturated/α-hetero) is 1. The molecule has 0 aliphatic carbocycles. The molecule has 0 saturated carbocycles. The summed E-state index contributed by atoms with van der Waals surface area (Å²) >= 11 is 0. The van der Waals surface area contributed by atoms with Gasteiger partial charge >= 0.3 is 11.8 Å². The Bertz CT molecular complexity index is 2130. The highest BCUT2D eigenvalue weighted by Crippen LogP contribution is 2.55. The van der Waals surface area contributed by atoms with E-state index < -0.39 is 88.8 Å². The normalized spacial score (nSPS) is 31.3. The zero-order chi connectivity index (χ0) is 45.8. The first-order valence-corrected chi connectivity index (χ1v) is 20.9. The second-order valence-corrected chi connectivity index (χ2v) is 16.8. The van der Waals surface area contributed by atoms with E-state index in [1.54, 1.807) is 39.8 Å². The number of hydrogen-bond acceptors (Lipinski definition) is 16. The van der Waals surface area contributed by atoms with Crippen LogP contribution in [-0.2, 0) is 28.6 Å². The number of benzene rings is 2. The van der Waals surface area contributed by atoms with E-state index in [1.807, 2.05) is 0 Å². The summed E-state index contributed by atoms with van der Waals surface area (Å²) in [7, 11) is 3.49. The lowest BCUT2D eigenvalue weighted by molar-refractivity contribution is -0.160. The fourth-order valence-corrected chi connectivity index (χ4v) is 8.26. The minimum absolute atomic E-state index is 0.0372. The molecule has 17 nitrogen and oxygen atoms in total. The highest BCUT2D eigenvalue weighted by molar-refractivity contribution is 6.23. The SMILES string of the molecule is COC1/C=C/OC2(C)Oc3c(C)c(O)c4c(O)c(c(/C=N/OCCN5CCN(C)CC5)c(O)c4c3C2=O)NC(=O)/C(C)=C/C=C/C(C)C(O)C(C)C(O)C(C)C(OC(C)=O)C1C. The summed E-state index contributed by atoms with van der Waals surface area (Å²) in [4.78, 5) is 50.6. The molecule has 1 amide bonds. The number of fused-ring (bicyclic) bond motifs is 14. The van der Waals surface area contributed by atoms with E-state index in [9.17, 15) is 39.9 Å². The average Bonchev–Trinajstić information content (AvgIpc) is 3.50. The molecule has 1 saturated heterocycles. The standard InChI is InChI=1S/C45H62N4O13/c1-23-12-11-13-24(2)44(57)47-35-30(22-46-60-21-19-49-17-15-48(9)16-18-49)39(54)32-33(40(35)55)38(53)28(6)42-34(32)43(56)45(8,62-42)59-20-14-31(58-10)25(3)41(61-29(7)50)27(5)37(52)26(4)36(23)51/h11-14,20,22-23,25-27,31,36-37,41,51-55H,15-19,21H2,1-10H3,(H,47,57)/b12-11+,20-14+,24-13+,46-22+. The van der Waals surface area contributed by atoms with Crippen LogP contribution >= 0.6 is 0 Å². The zero-order valence-corrected chi connectivity index (χ0v) is 37.2. The summed E-state index contributed by atoms with van der Waals surface area (Å²) < 4.78 is 23.6. The minimum Gasteiger partial charge on any atom is -0.507 e. The number of allylic oxidation sites excluding steroid dienone is 2. The summed E-state index contributed by atoms with van der Waals surface area (Å²) in [6.07, 6.45) is 4.58. The molecule has 17 heteroatoms. The number of methoxy groups -OCH3 is 1. The number of rotatable bonds is 7. The van der Waals surface area contributed by atoms with E-state index in [0.29, 0.717) is 6.54 Å². The molecule has 0 radical (unpaired) electrons. The predicted molar refractivity (Wildman–Crippen MR) is 231 cm³/mol. The number of anilines is 1. The van der Waals surface area contributed by atoms with Crippen LogP contribution in [0, 0.1) is 30.6 Å². The van der Waals surface area contributed by atoms with Gasteiger partial charge in [0.1, 0.15) is 30.0 Å². The molecular weight excluding hydrogens is 805 g/mol. The van der Waals surface area contributed by atoms with Gasteiger partial charge in [-0.25, -0.2) is 0 Å². The van der Waals surface area contributed by atoms with Crippen molar-refractivity contribution >= 4 is 40.3 Å². The fourth-order valence-electron chi connectivity index (χ4n) is 8.26. The van der Waals surface area contributed by atoms with Gasteiger partial charge in [-0.1, -0.05) is 51.1 Å². The number of phenols is 3. The Balaban J connectivity index is 1.64. The van der Waals surface area contributed by atoms with Gasteiger partial charge in [0.05, 0.1) is 53.0 Å². The summed E-state index contributed by atoms with van der Waals surface area (Å²) in [6, 6.07) is 0. The van der Waals surface area contributed by atoms with E-state index in [0.717, 1.165) is 32.4 Å². The number of nitrogens with one attached hydrogen (secondary N) is 1. The van der Waals surface area contributed by atoms with Crippen LogP contribution in [0.15, 0.2) is 41.3 Å². The van der Waals surface area contributed by atoms with Crippen LogP contribution < -0.4 is 10.1 Å². The van der Waals surface area contributed by atoms with Gasteiger partial charge in [0.25, 0.3) is 11.7 Å². The van der Waals surface area contributed by atoms with Crippen molar-refractivity contribution < 1.29 is 63.7 Å². The third-order valence-electron chi connectivity index (χ3n) is 12.4. The first-order chi connectivity index (χ1) is 29.2. The van der Waals surface area contributed by atoms with Crippen LogP contribution in [0.3, 0.4) is 0 Å². The molecule has 0 aromatic heterocycles. The third-order valence-corrected chi connectivity index (χ3v) is 12.4. The number of likely N-dealkylation sites (N-methyl/N-ethyl adjacent to an activating group) is 1. The van der Waals surface area contributed by atoms with E-state index in [2.05, 4.69) is 27.3 Å². The van der Waals surface area contributed by atoms with E-state index in [1.165, 1.54) is 53.2 Å². The monoisotopic (exact) mass is 866 g/mol. The predicted octanol–water partition coefficient (Wildman–Crippen LogP) is 4.35. The first kappa shape index (κ1) is 47.8. The van der Waals surface area contributed by atoms with Crippen LogP contribution in [0.5, 0.6) is 23.0 Å². The van der Waals surface area contributed by atoms with E-state index >= 15 is 0 Å². The quantitative estimate of drug-likeness (QED) is 0.0568. The number of piperazine rings is 1. The van der Waals surface area contributed by atoms with Crippen molar-refractivity contribution in [1.82, 2.24) is 9.80 Å². The molecule has 2 aromatic rings. The number of hydrogen-bond donors (Lipinski definition) is 6. The van der Waals surface area contributed by atoms with Crippen molar-refractivity contribution in [2.75, 3.05) is 58.8 Å². The Morgan fingerprint density at radius 2 is 1.65 bits per heavy atom. The van der Waals surface area contributed by atoms with Gasteiger partial charge in [0, 0.05) is 93.9 Å². The maximum atomic E-state index is 14.4. The molecule has 6 rings (SSSR count). The molecule has 2 aromatic carbocycles. The van der Waals surface area contributed by atoms with Crippen LogP contribution in [0.1, 0.15) is 70.0 Å². The van der Waals surface area contributed by atoms with Gasteiger partial charge in [0.15, 0.2) is 5.75 Å². The Labute approximate surface area is 362 Å². The Morgan fingerprint density at radius 3 is 2.29 bits per heavy atom. The van der Waals surface area contributed by atoms with E-state index in [-0.39, 0.29) is 51.1 Å². The zero-order valence-electron chi connectivity index (χ0n) is 37.2. The number of carbonyl (C=O) groups excluding carboxylic acids is 3. The number of phenolic OH excluding ortho intramolecular Hbond substituents is 3. The van der Waals surface area contributed by atoms with Gasteiger partial charge in [-0.2, -0.15) is 0 Å². The molecule has 0 spiro atoms. The smallest absolute Gasteiger partial charge is 0.312 e. The molecule has 340 valence electrons. The van der Waals surface area contributed by atoms with Gasteiger partial charge in [0.2, 0.25) is 0 Å². The molecule has 1 fully saturated rings. The summed E-state index contributed by atoms with van der Waals surface area (Å²) in [5.74, 6) is -8.61. The lowest BCUT2D eigenvalue weighted by Gasteiger charge is -2.38. The lowest BCUT2D eigenvalue weighted by Crippen LogP contribution is -2.46. The Kier molecular flexibility index (Phi) is 15.3. The third kappa shape index (κ3) is 9.87. The topological polar surface area (TPSA) is 229 Å². The number of aliphatic hydroxyl groups excluding tert-OH is 2. The molecule has 4 heterocycles. The van der Waals surface area contributed by atoms with Gasteiger partial charge < -0.3 is 59.5 Å². The first-order valence-electron chi connectivity index (χ1n) is 20.9. The average molecular weight is 867 g/mol. The van der Waals surface area contributed by atoms with Crippen molar-refractivity contribution in [1.29, 1.82) is 0 Å². The van der Waals surface area contributed by atoms with Gasteiger partial charge in [-0.05, 0) is 27.0 Å². The fraction of sp³-hybridized carbons (Fsp3) is 0.556. The molecule has 62 heavy (non-hydrogen) atoms. The maximum Gasteiger partial charge on any atom is 0.312 e. The molecule has 4 aliphatic rings.